The summed E-state index contributed by atoms with van der Waals surface area (Å²) in [5, 5.41) is 10.5. The molecular formula is C35H34N2O3. The molecule has 0 N–H and O–H groups in total. The van der Waals surface area contributed by atoms with Gasteiger partial charge in [-0.1, -0.05) is 84.9 Å². The number of benzene rings is 4. The van der Waals surface area contributed by atoms with Gasteiger partial charge in [0.15, 0.2) is 0 Å². The third-order valence-corrected chi connectivity index (χ3v) is 7.87. The molecule has 0 aromatic heterocycles. The summed E-state index contributed by atoms with van der Waals surface area (Å²) in [6.07, 6.45) is 1.60. The Morgan fingerprint density at radius 2 is 1.35 bits per heavy atom. The lowest BCUT2D eigenvalue weighted by atomic mass is 9.70. The van der Waals surface area contributed by atoms with Gasteiger partial charge in [0.1, 0.15) is 23.0 Å². The Balaban J connectivity index is 1.20. The summed E-state index contributed by atoms with van der Waals surface area (Å²) >= 11 is 0. The van der Waals surface area contributed by atoms with Crippen molar-refractivity contribution in [1.29, 1.82) is 5.26 Å². The van der Waals surface area contributed by atoms with Crippen LogP contribution in [0.4, 0.5) is 0 Å². The third kappa shape index (κ3) is 5.93. The number of rotatable bonds is 10. The highest BCUT2D eigenvalue weighted by atomic mass is 16.5. The molecule has 0 unspecified atom stereocenters. The summed E-state index contributed by atoms with van der Waals surface area (Å²) in [7, 11) is 0. The van der Waals surface area contributed by atoms with Gasteiger partial charge in [0.25, 0.3) is 0 Å². The number of esters is 1. The van der Waals surface area contributed by atoms with Gasteiger partial charge in [-0.05, 0) is 62.1 Å². The fourth-order valence-corrected chi connectivity index (χ4v) is 5.29. The predicted molar refractivity (Wildman–Crippen MR) is 156 cm³/mol. The standard InChI is InChI=1S/C35H34N2O3/c1-34(2,21-22-35(26-36,28-15-8-4-9-16-28)29-17-10-5-11-18-29)37-24-32(25-37)39-30-19-12-20-31(23-30)40-33(38)27-13-6-3-7-14-27/h3-20,23,32H,21-22,24-25H2,1-2H3. The van der Waals surface area contributed by atoms with Crippen molar-refractivity contribution in [2.24, 2.45) is 0 Å². The van der Waals surface area contributed by atoms with Crippen LogP contribution in [0.1, 0.15) is 48.2 Å². The van der Waals surface area contributed by atoms with E-state index >= 15 is 0 Å². The molecule has 0 bridgehead atoms. The minimum Gasteiger partial charge on any atom is -0.488 e. The van der Waals surface area contributed by atoms with E-state index in [9.17, 15) is 10.1 Å². The summed E-state index contributed by atoms with van der Waals surface area (Å²) in [6.45, 7) is 6.06. The summed E-state index contributed by atoms with van der Waals surface area (Å²) < 4.78 is 11.8. The maximum absolute atomic E-state index is 12.4. The number of hydrogen-bond acceptors (Lipinski definition) is 5. The molecule has 0 amide bonds. The molecule has 1 saturated heterocycles. The number of carbonyl (C=O) groups is 1. The molecule has 1 heterocycles. The van der Waals surface area contributed by atoms with Gasteiger partial charge < -0.3 is 9.47 Å². The van der Waals surface area contributed by atoms with Gasteiger partial charge in [-0.25, -0.2) is 4.79 Å². The van der Waals surface area contributed by atoms with Crippen LogP contribution in [-0.2, 0) is 5.41 Å². The molecule has 0 spiro atoms. The van der Waals surface area contributed by atoms with Crippen LogP contribution in [0.5, 0.6) is 11.5 Å². The maximum atomic E-state index is 12.4. The van der Waals surface area contributed by atoms with Gasteiger partial charge in [-0.2, -0.15) is 5.26 Å². The first-order chi connectivity index (χ1) is 19.4. The minimum absolute atomic E-state index is 0.0447. The molecular weight excluding hydrogens is 496 g/mol. The van der Waals surface area contributed by atoms with E-state index in [1.54, 1.807) is 24.3 Å². The second-order valence-electron chi connectivity index (χ2n) is 10.9. The lowest BCUT2D eigenvalue weighted by Crippen LogP contribution is -2.62. The van der Waals surface area contributed by atoms with Gasteiger partial charge in [-0.3, -0.25) is 4.90 Å². The molecule has 0 radical (unpaired) electrons. The van der Waals surface area contributed by atoms with Gasteiger partial charge in [-0.15, -0.1) is 0 Å². The topological polar surface area (TPSA) is 62.6 Å². The quantitative estimate of drug-likeness (QED) is 0.163. The van der Waals surface area contributed by atoms with E-state index in [1.165, 1.54) is 0 Å². The molecule has 0 atom stereocenters. The first-order valence-electron chi connectivity index (χ1n) is 13.7. The van der Waals surface area contributed by atoms with E-state index in [4.69, 9.17) is 9.47 Å². The molecule has 0 saturated carbocycles. The van der Waals surface area contributed by atoms with Crippen LogP contribution in [0.25, 0.3) is 0 Å². The fourth-order valence-electron chi connectivity index (χ4n) is 5.29. The van der Waals surface area contributed by atoms with Gasteiger partial charge in [0, 0.05) is 24.7 Å². The van der Waals surface area contributed by atoms with Crippen LogP contribution in [0.2, 0.25) is 0 Å². The Hall–Kier alpha value is -4.40. The molecule has 5 rings (SSSR count). The molecule has 5 nitrogen and oxygen atoms in total. The van der Waals surface area contributed by atoms with Crippen LogP contribution >= 0.6 is 0 Å². The Morgan fingerprint density at radius 1 is 0.800 bits per heavy atom. The van der Waals surface area contributed by atoms with E-state index in [2.05, 4.69) is 49.1 Å². The minimum atomic E-state index is -0.710. The molecule has 5 heteroatoms. The van der Waals surface area contributed by atoms with Crippen molar-refractivity contribution in [2.75, 3.05) is 13.1 Å². The van der Waals surface area contributed by atoms with Crippen molar-refractivity contribution in [3.63, 3.8) is 0 Å². The zero-order valence-electron chi connectivity index (χ0n) is 23.0. The lowest BCUT2D eigenvalue weighted by Gasteiger charge is -2.49. The zero-order valence-corrected chi connectivity index (χ0v) is 23.0. The van der Waals surface area contributed by atoms with Gasteiger partial charge >= 0.3 is 5.97 Å². The average Bonchev–Trinajstić information content (AvgIpc) is 2.97. The number of likely N-dealkylation sites (tertiary alicyclic amines) is 1. The number of ether oxygens (including phenoxy) is 2. The SMILES string of the molecule is CC(C)(CCC(C#N)(c1ccccc1)c1ccccc1)N1CC(Oc2cccc(OC(=O)c3ccccc3)c2)C1. The predicted octanol–water partition coefficient (Wildman–Crippen LogP) is 7.04. The Kier molecular flexibility index (Phi) is 8.00. The summed E-state index contributed by atoms with van der Waals surface area (Å²) in [5.74, 6) is 0.740. The van der Waals surface area contributed by atoms with E-state index in [0.29, 0.717) is 23.5 Å². The molecule has 0 aliphatic carbocycles. The largest absolute Gasteiger partial charge is 0.488 e. The first kappa shape index (κ1) is 27.2. The number of nitriles is 1. The fraction of sp³-hybridized carbons (Fsp3) is 0.257. The first-order valence-corrected chi connectivity index (χ1v) is 13.7. The normalized spacial score (nSPS) is 14.1. The lowest BCUT2D eigenvalue weighted by molar-refractivity contribution is -0.0465. The zero-order chi connectivity index (χ0) is 28.0. The summed E-state index contributed by atoms with van der Waals surface area (Å²) in [6, 6.07) is 39.1. The van der Waals surface area contributed by atoms with Crippen molar-refractivity contribution in [3.05, 3.63) is 132 Å². The van der Waals surface area contributed by atoms with Crippen molar-refractivity contribution in [3.8, 4) is 17.6 Å². The van der Waals surface area contributed by atoms with Crippen molar-refractivity contribution in [2.45, 2.75) is 43.7 Å². The van der Waals surface area contributed by atoms with E-state index < -0.39 is 11.4 Å². The van der Waals surface area contributed by atoms with Crippen LogP contribution in [0, 0.1) is 11.3 Å². The van der Waals surface area contributed by atoms with Crippen LogP contribution in [0.3, 0.4) is 0 Å². The Morgan fingerprint density at radius 3 is 1.93 bits per heavy atom. The molecule has 1 aliphatic heterocycles. The van der Waals surface area contributed by atoms with Gasteiger partial charge in [0.05, 0.1) is 11.6 Å². The number of carbonyl (C=O) groups excluding carboxylic acids is 1. The number of hydrogen-bond donors (Lipinski definition) is 0. The van der Waals surface area contributed by atoms with Gasteiger partial charge in [0.2, 0.25) is 0 Å². The summed E-state index contributed by atoms with van der Waals surface area (Å²) in [4.78, 5) is 14.8. The maximum Gasteiger partial charge on any atom is 0.343 e. The second-order valence-corrected chi connectivity index (χ2v) is 10.9. The highest BCUT2D eigenvalue weighted by Gasteiger charge is 2.42. The second kappa shape index (κ2) is 11.8. The number of nitrogens with zero attached hydrogens (tertiary/aromatic N) is 2. The Labute approximate surface area is 236 Å². The molecule has 202 valence electrons. The van der Waals surface area contributed by atoms with Crippen LogP contribution in [0.15, 0.2) is 115 Å². The van der Waals surface area contributed by atoms with E-state index in [0.717, 1.165) is 30.6 Å². The smallest absolute Gasteiger partial charge is 0.343 e. The Bertz CT molecular complexity index is 1420. The highest BCUT2D eigenvalue weighted by Crippen LogP contribution is 2.40. The monoisotopic (exact) mass is 530 g/mol. The molecule has 4 aromatic rings. The average molecular weight is 531 g/mol. The van der Waals surface area contributed by atoms with Crippen molar-refractivity contribution in [1.82, 2.24) is 4.90 Å². The third-order valence-electron chi connectivity index (χ3n) is 7.87. The van der Waals surface area contributed by atoms with Crippen molar-refractivity contribution >= 4 is 5.97 Å². The van der Waals surface area contributed by atoms with E-state index in [1.807, 2.05) is 66.7 Å². The molecule has 40 heavy (non-hydrogen) atoms. The highest BCUT2D eigenvalue weighted by molar-refractivity contribution is 5.91. The molecule has 1 fully saturated rings. The molecule has 4 aromatic carbocycles. The molecule has 1 aliphatic rings. The van der Waals surface area contributed by atoms with Crippen LogP contribution < -0.4 is 9.47 Å². The van der Waals surface area contributed by atoms with E-state index in [-0.39, 0.29) is 11.6 Å². The van der Waals surface area contributed by atoms with Crippen molar-refractivity contribution < 1.29 is 14.3 Å². The van der Waals surface area contributed by atoms with Crippen LogP contribution in [-0.4, -0.2) is 35.6 Å². The summed E-state index contributed by atoms with van der Waals surface area (Å²) in [5.41, 5.74) is 1.73.